The molecule has 0 spiro atoms. The van der Waals surface area contributed by atoms with Gasteiger partial charge in [-0.25, -0.2) is 4.99 Å². The van der Waals surface area contributed by atoms with E-state index < -0.39 is 5.78 Å². The smallest absolute Gasteiger partial charge is 0.872 e. The van der Waals surface area contributed by atoms with E-state index in [0.717, 1.165) is 0 Å². The summed E-state index contributed by atoms with van der Waals surface area (Å²) in [5.74, 6) is -0.503. The average molecular weight is 308 g/mol. The number of halogens is 2. The van der Waals surface area contributed by atoms with Gasteiger partial charge in [0, 0.05) is 0 Å². The number of rotatable bonds is 1. The molecule has 2 rings (SSSR count). The van der Waals surface area contributed by atoms with Crippen LogP contribution in [0.1, 0.15) is 0 Å². The van der Waals surface area contributed by atoms with Crippen molar-refractivity contribution in [1.82, 2.24) is 0 Å². The number of allylic oxidation sites excluding steroid dienone is 4. The number of hydrogen-bond acceptors (Lipinski definition) is 3. The molecule has 0 saturated carbocycles. The van der Waals surface area contributed by atoms with Gasteiger partial charge in [0.05, 0.1) is 21.5 Å². The predicted molar refractivity (Wildman–Crippen MR) is 69.5 cm³/mol. The molecule has 1 aromatic rings. The van der Waals surface area contributed by atoms with E-state index in [1.165, 1.54) is 24.3 Å². The number of nitrogens with zero attached hydrogens (tertiary/aromatic N) is 1. The molecule has 0 heterocycles. The molecule has 0 atom stereocenters. The summed E-state index contributed by atoms with van der Waals surface area (Å²) >= 11 is 11.4. The third-order valence-corrected chi connectivity index (χ3v) is 2.64. The number of carbonyl (C=O) groups excluding carboxylic acids is 1. The SMILES string of the molecule is O.O=C1C(Cl)=CC(=Nc2ccc([O-])cc2)C=C1Cl.[Na+]. The van der Waals surface area contributed by atoms with Crippen LogP contribution in [0.3, 0.4) is 0 Å². The topological polar surface area (TPSA) is 84.0 Å². The first kappa shape index (κ1) is 18.4. The fraction of sp³-hybridized carbons (Fsp3) is 0. The van der Waals surface area contributed by atoms with Crippen LogP contribution in [-0.2, 0) is 4.79 Å². The molecule has 19 heavy (non-hydrogen) atoms. The van der Waals surface area contributed by atoms with Gasteiger partial charge in [0.25, 0.3) is 0 Å². The minimum Gasteiger partial charge on any atom is -0.872 e. The Hall–Kier alpha value is -0.620. The summed E-state index contributed by atoms with van der Waals surface area (Å²) in [6.07, 6.45) is 2.86. The second-order valence-corrected chi connectivity index (χ2v) is 4.16. The number of ketones is 1. The second kappa shape index (κ2) is 7.85. The Morgan fingerprint density at radius 3 is 1.95 bits per heavy atom. The van der Waals surface area contributed by atoms with Crippen molar-refractivity contribution in [3.8, 4) is 5.75 Å². The van der Waals surface area contributed by atoms with Crippen LogP contribution in [0.5, 0.6) is 5.75 Å². The standard InChI is InChI=1S/C12H7Cl2NO2.Na.H2O/c13-10-5-8(6-11(14)12(10)17)15-7-1-3-9(16)4-2-7;;/h1-6,16H;;1H2/q;+1;/p-1. The Bertz CT molecular complexity index is 541. The van der Waals surface area contributed by atoms with Crippen LogP contribution >= 0.6 is 23.2 Å². The fourth-order valence-corrected chi connectivity index (χ4v) is 1.76. The van der Waals surface area contributed by atoms with Gasteiger partial charge >= 0.3 is 29.6 Å². The third kappa shape index (κ3) is 4.76. The van der Waals surface area contributed by atoms with Gasteiger partial charge in [-0.3, -0.25) is 4.79 Å². The molecule has 0 radical (unpaired) electrons. The minimum absolute atomic E-state index is 0. The normalized spacial score (nSPS) is 13.8. The van der Waals surface area contributed by atoms with E-state index in [1.54, 1.807) is 12.1 Å². The van der Waals surface area contributed by atoms with Gasteiger partial charge in [-0.2, -0.15) is 0 Å². The van der Waals surface area contributed by atoms with E-state index in [-0.39, 0.29) is 50.8 Å². The Morgan fingerprint density at radius 1 is 1.00 bits per heavy atom. The molecule has 0 saturated heterocycles. The molecule has 0 aliphatic heterocycles. The molecular formula is C12H8Cl2NNaO3. The summed E-state index contributed by atoms with van der Waals surface area (Å²) in [5, 5.41) is 11.0. The fourth-order valence-electron chi connectivity index (χ4n) is 1.28. The van der Waals surface area contributed by atoms with E-state index in [1.807, 2.05) is 0 Å². The molecule has 2 N–H and O–H groups in total. The maximum atomic E-state index is 11.3. The van der Waals surface area contributed by atoms with E-state index in [9.17, 15) is 9.90 Å². The third-order valence-electron chi connectivity index (χ3n) is 2.08. The monoisotopic (exact) mass is 307 g/mol. The Morgan fingerprint density at radius 2 is 1.47 bits per heavy atom. The van der Waals surface area contributed by atoms with Crippen LogP contribution in [-0.4, -0.2) is 17.0 Å². The molecule has 94 valence electrons. The van der Waals surface area contributed by atoms with Crippen LogP contribution < -0.4 is 34.7 Å². The average Bonchev–Trinajstić information content (AvgIpc) is 2.29. The van der Waals surface area contributed by atoms with Crippen LogP contribution in [0.4, 0.5) is 5.69 Å². The summed E-state index contributed by atoms with van der Waals surface area (Å²) in [7, 11) is 0. The van der Waals surface area contributed by atoms with Crippen molar-refractivity contribution in [3.05, 3.63) is 46.5 Å². The van der Waals surface area contributed by atoms with E-state index in [4.69, 9.17) is 23.2 Å². The molecule has 0 fully saturated rings. The van der Waals surface area contributed by atoms with Gasteiger partial charge in [-0.1, -0.05) is 35.3 Å². The summed E-state index contributed by atoms with van der Waals surface area (Å²) in [4.78, 5) is 15.5. The maximum absolute atomic E-state index is 11.3. The molecule has 7 heteroatoms. The zero-order chi connectivity index (χ0) is 12.4. The Labute approximate surface area is 142 Å². The number of aliphatic imine (C=N–C) groups is 1. The number of hydrogen-bond donors (Lipinski definition) is 0. The van der Waals surface area contributed by atoms with Crippen molar-refractivity contribution in [2.45, 2.75) is 0 Å². The summed E-state index contributed by atoms with van der Waals surface area (Å²) in [6.45, 7) is 0. The van der Waals surface area contributed by atoms with E-state index in [0.29, 0.717) is 11.4 Å². The van der Waals surface area contributed by atoms with Crippen LogP contribution in [0.25, 0.3) is 0 Å². The van der Waals surface area contributed by atoms with Gasteiger partial charge in [0.2, 0.25) is 5.78 Å². The second-order valence-electron chi connectivity index (χ2n) is 3.34. The first-order chi connectivity index (χ1) is 8.06. The van der Waals surface area contributed by atoms with Crippen molar-refractivity contribution in [1.29, 1.82) is 0 Å². The molecular weight excluding hydrogens is 300 g/mol. The van der Waals surface area contributed by atoms with Gasteiger partial charge in [0.1, 0.15) is 0 Å². The van der Waals surface area contributed by atoms with Gasteiger partial charge in [-0.05, 0) is 24.3 Å². The minimum atomic E-state index is -0.415. The van der Waals surface area contributed by atoms with Crippen LogP contribution in [0.2, 0.25) is 0 Å². The Kier molecular flexibility index (Phi) is 7.59. The van der Waals surface area contributed by atoms with Crippen molar-refractivity contribution >= 4 is 40.4 Å². The largest absolute Gasteiger partial charge is 1.00 e. The van der Waals surface area contributed by atoms with Crippen molar-refractivity contribution in [2.24, 2.45) is 4.99 Å². The zero-order valence-corrected chi connectivity index (χ0v) is 13.5. The number of Topliss-reactive ketones (excluding diaryl/α,β-unsaturated/α-hetero) is 1. The molecule has 0 bridgehead atoms. The maximum Gasteiger partial charge on any atom is 1.00 e. The van der Waals surface area contributed by atoms with Crippen LogP contribution in [0.15, 0.2) is 51.5 Å². The molecule has 0 unspecified atom stereocenters. The molecule has 1 aliphatic rings. The van der Waals surface area contributed by atoms with Gasteiger partial charge < -0.3 is 10.6 Å². The Balaban J connectivity index is 0.00000162. The summed E-state index contributed by atoms with van der Waals surface area (Å²) in [6, 6.07) is 5.97. The van der Waals surface area contributed by atoms with Crippen molar-refractivity contribution in [3.63, 3.8) is 0 Å². The molecule has 0 aromatic heterocycles. The first-order valence-electron chi connectivity index (χ1n) is 4.71. The van der Waals surface area contributed by atoms with Crippen molar-refractivity contribution in [2.75, 3.05) is 0 Å². The molecule has 1 aliphatic carbocycles. The first-order valence-corrected chi connectivity index (χ1v) is 5.47. The van der Waals surface area contributed by atoms with E-state index in [2.05, 4.69) is 4.99 Å². The number of carbonyl (C=O) groups is 1. The quantitative estimate of drug-likeness (QED) is 0.484. The zero-order valence-electron chi connectivity index (χ0n) is 9.98. The van der Waals surface area contributed by atoms with Gasteiger partial charge in [-0.15, -0.1) is 5.75 Å². The predicted octanol–water partition coefficient (Wildman–Crippen LogP) is -1.16. The summed E-state index contributed by atoms with van der Waals surface area (Å²) < 4.78 is 0. The summed E-state index contributed by atoms with van der Waals surface area (Å²) in [5.41, 5.74) is 1.06. The van der Waals surface area contributed by atoms with Crippen LogP contribution in [0, 0.1) is 0 Å². The molecule has 0 amide bonds. The molecule has 1 aromatic carbocycles. The van der Waals surface area contributed by atoms with Gasteiger partial charge in [0.15, 0.2) is 0 Å². The molecule has 4 nitrogen and oxygen atoms in total. The van der Waals surface area contributed by atoms with E-state index >= 15 is 0 Å². The number of benzene rings is 1. The van der Waals surface area contributed by atoms with Crippen molar-refractivity contribution < 1.29 is 44.9 Å².